The predicted octanol–water partition coefficient (Wildman–Crippen LogP) is 2.48. The van der Waals surface area contributed by atoms with Crippen LogP contribution in [0.2, 0.25) is 5.02 Å². The first-order valence-electron chi connectivity index (χ1n) is 9.35. The number of hydrogen-bond donors (Lipinski definition) is 2. The van der Waals surface area contributed by atoms with Crippen molar-refractivity contribution in [2.24, 2.45) is 4.99 Å². The zero-order valence-electron chi connectivity index (χ0n) is 16.3. The molecule has 2 rings (SSSR count). The van der Waals surface area contributed by atoms with Gasteiger partial charge in [-0.1, -0.05) is 24.9 Å². The van der Waals surface area contributed by atoms with Crippen LogP contribution in [0, 0.1) is 5.82 Å². The van der Waals surface area contributed by atoms with Crippen molar-refractivity contribution in [3.8, 4) is 0 Å². The Labute approximate surface area is 165 Å². The van der Waals surface area contributed by atoms with Gasteiger partial charge in [0.25, 0.3) is 0 Å². The monoisotopic (exact) mass is 397 g/mol. The number of nitrogens with one attached hydrogen (secondary N) is 2. The Morgan fingerprint density at radius 2 is 2.22 bits per heavy atom. The molecule has 27 heavy (non-hydrogen) atoms. The van der Waals surface area contributed by atoms with Gasteiger partial charge in [0.2, 0.25) is 5.91 Å². The fourth-order valence-corrected chi connectivity index (χ4v) is 2.99. The molecule has 1 fully saturated rings. The van der Waals surface area contributed by atoms with Crippen molar-refractivity contribution in [3.63, 3.8) is 0 Å². The molecule has 1 aromatic carbocycles. The van der Waals surface area contributed by atoms with Gasteiger partial charge in [0.05, 0.1) is 5.02 Å². The zero-order valence-corrected chi connectivity index (χ0v) is 17.0. The minimum absolute atomic E-state index is 0.0411. The molecule has 1 aromatic rings. The lowest BCUT2D eigenvalue weighted by molar-refractivity contribution is -0.127. The molecule has 1 saturated heterocycles. The molecule has 6 nitrogen and oxygen atoms in total. The summed E-state index contributed by atoms with van der Waals surface area (Å²) in [6, 6.07) is 4.98. The van der Waals surface area contributed by atoms with Crippen LogP contribution in [0.3, 0.4) is 0 Å². The number of halogens is 2. The van der Waals surface area contributed by atoms with Gasteiger partial charge in [0.1, 0.15) is 12.4 Å². The largest absolute Gasteiger partial charge is 0.369 e. The molecular formula is C19H29ClFN5O. The van der Waals surface area contributed by atoms with Gasteiger partial charge >= 0.3 is 0 Å². The Morgan fingerprint density at radius 3 is 2.89 bits per heavy atom. The van der Waals surface area contributed by atoms with Gasteiger partial charge in [0.15, 0.2) is 5.96 Å². The summed E-state index contributed by atoms with van der Waals surface area (Å²) in [4.78, 5) is 19.9. The summed E-state index contributed by atoms with van der Waals surface area (Å²) in [6.07, 6.45) is 3.04. The molecule has 0 aromatic heterocycles. The highest BCUT2D eigenvalue weighted by Gasteiger charge is 2.24. The molecule has 1 aliphatic rings. The third-order valence-electron chi connectivity index (χ3n) is 4.49. The van der Waals surface area contributed by atoms with Crippen LogP contribution in [-0.4, -0.2) is 63.1 Å². The Bertz CT molecular complexity index is 668. The third kappa shape index (κ3) is 6.57. The van der Waals surface area contributed by atoms with E-state index in [1.807, 2.05) is 0 Å². The Balaban J connectivity index is 1.96. The molecule has 8 heteroatoms. The number of rotatable bonds is 7. The molecular weight excluding hydrogens is 369 g/mol. The Morgan fingerprint density at radius 1 is 1.44 bits per heavy atom. The molecule has 1 unspecified atom stereocenters. The first-order valence-corrected chi connectivity index (χ1v) is 9.73. The van der Waals surface area contributed by atoms with Gasteiger partial charge in [-0.2, -0.15) is 0 Å². The van der Waals surface area contributed by atoms with Crippen LogP contribution in [0.25, 0.3) is 0 Å². The van der Waals surface area contributed by atoms with Crippen molar-refractivity contribution in [1.29, 1.82) is 0 Å². The lowest BCUT2D eigenvalue weighted by Crippen LogP contribution is -2.45. The number of guanidine groups is 1. The maximum Gasteiger partial charge on any atom is 0.243 e. The Kier molecular flexibility index (Phi) is 8.16. The topological polar surface area (TPSA) is 60.0 Å². The van der Waals surface area contributed by atoms with E-state index in [0.717, 1.165) is 44.6 Å². The third-order valence-corrected chi connectivity index (χ3v) is 4.78. The molecule has 1 atom stereocenters. The van der Waals surface area contributed by atoms with Gasteiger partial charge in [0, 0.05) is 45.5 Å². The fraction of sp³-hybridized carbons (Fsp3) is 0.579. The number of unbranched alkanes of at least 4 members (excludes halogenated alkanes) is 1. The molecule has 0 saturated carbocycles. The van der Waals surface area contributed by atoms with E-state index in [-0.39, 0.29) is 23.5 Å². The maximum absolute atomic E-state index is 13.4. The van der Waals surface area contributed by atoms with Gasteiger partial charge in [-0.25, -0.2) is 9.38 Å². The lowest BCUT2D eigenvalue weighted by atomic mass is 10.2. The highest BCUT2D eigenvalue weighted by molar-refractivity contribution is 6.31. The average Bonchev–Trinajstić information content (AvgIpc) is 3.10. The second-order valence-electron chi connectivity index (χ2n) is 6.91. The van der Waals surface area contributed by atoms with E-state index in [9.17, 15) is 9.18 Å². The number of anilines is 1. The van der Waals surface area contributed by atoms with E-state index in [1.165, 1.54) is 11.0 Å². The summed E-state index contributed by atoms with van der Waals surface area (Å²) in [5.41, 5.74) is 0.908. The fourth-order valence-electron chi connectivity index (χ4n) is 2.81. The number of aliphatic imine (C=N–C) groups is 1. The molecule has 1 heterocycles. The van der Waals surface area contributed by atoms with E-state index in [2.05, 4.69) is 27.4 Å². The van der Waals surface area contributed by atoms with Crippen molar-refractivity contribution < 1.29 is 9.18 Å². The minimum Gasteiger partial charge on any atom is -0.369 e. The van der Waals surface area contributed by atoms with Gasteiger partial charge in [-0.15, -0.1) is 0 Å². The van der Waals surface area contributed by atoms with Crippen molar-refractivity contribution >= 4 is 29.2 Å². The van der Waals surface area contributed by atoms with Gasteiger partial charge < -0.3 is 20.4 Å². The molecule has 2 N–H and O–H groups in total. The first-order chi connectivity index (χ1) is 12.9. The van der Waals surface area contributed by atoms with Crippen LogP contribution in [0.1, 0.15) is 26.2 Å². The van der Waals surface area contributed by atoms with Crippen LogP contribution in [-0.2, 0) is 4.79 Å². The number of likely N-dealkylation sites (N-methyl/N-ethyl adjacent to an activating group) is 1. The van der Waals surface area contributed by atoms with E-state index >= 15 is 0 Å². The van der Waals surface area contributed by atoms with Crippen LogP contribution in [0.4, 0.5) is 10.1 Å². The van der Waals surface area contributed by atoms with Gasteiger partial charge in [-0.05, 0) is 31.0 Å². The van der Waals surface area contributed by atoms with Crippen LogP contribution in [0.15, 0.2) is 23.2 Å². The summed E-state index contributed by atoms with van der Waals surface area (Å²) >= 11 is 5.90. The summed E-state index contributed by atoms with van der Waals surface area (Å²) in [6.45, 7) is 4.65. The second-order valence-corrected chi connectivity index (χ2v) is 7.31. The van der Waals surface area contributed by atoms with E-state index < -0.39 is 5.82 Å². The normalized spacial score (nSPS) is 17.1. The summed E-state index contributed by atoms with van der Waals surface area (Å²) in [5.74, 6) is 0.206. The second kappa shape index (κ2) is 10.3. The smallest absolute Gasteiger partial charge is 0.243 e. The highest BCUT2D eigenvalue weighted by atomic mass is 35.5. The number of hydrogen-bond acceptors (Lipinski definition) is 3. The maximum atomic E-state index is 13.4. The van der Waals surface area contributed by atoms with Crippen molar-refractivity contribution in [3.05, 3.63) is 29.0 Å². The number of nitrogens with zero attached hydrogens (tertiary/aromatic N) is 3. The SMILES string of the molecule is CCCCNC(=NCC(=O)N(C)C)NC1CCN(c2ccc(F)c(Cl)c2)C1. The molecule has 150 valence electrons. The number of carbonyl (C=O) groups excluding carboxylic acids is 1. The Hall–Kier alpha value is -2.02. The van der Waals surface area contributed by atoms with Crippen molar-refractivity contribution in [2.75, 3.05) is 45.2 Å². The first kappa shape index (κ1) is 21.3. The quantitative estimate of drug-likeness (QED) is 0.421. The minimum atomic E-state index is -0.408. The number of carbonyl (C=O) groups is 1. The van der Waals surface area contributed by atoms with Crippen LogP contribution < -0.4 is 15.5 Å². The van der Waals surface area contributed by atoms with Crippen molar-refractivity contribution in [2.45, 2.75) is 32.2 Å². The number of amides is 1. The van der Waals surface area contributed by atoms with E-state index in [4.69, 9.17) is 11.6 Å². The molecule has 0 radical (unpaired) electrons. The number of benzene rings is 1. The lowest BCUT2D eigenvalue weighted by Gasteiger charge is -2.21. The van der Waals surface area contributed by atoms with Gasteiger partial charge in [-0.3, -0.25) is 4.79 Å². The highest BCUT2D eigenvalue weighted by Crippen LogP contribution is 2.25. The summed E-state index contributed by atoms with van der Waals surface area (Å²) in [7, 11) is 3.44. The molecule has 0 aliphatic carbocycles. The molecule has 1 aliphatic heterocycles. The predicted molar refractivity (Wildman–Crippen MR) is 109 cm³/mol. The van der Waals surface area contributed by atoms with Crippen molar-refractivity contribution in [1.82, 2.24) is 15.5 Å². The van der Waals surface area contributed by atoms with E-state index in [1.54, 1.807) is 26.2 Å². The zero-order chi connectivity index (χ0) is 19.8. The molecule has 0 bridgehead atoms. The standard InChI is InChI=1S/C19H29ClFN5O/c1-4-5-9-22-19(23-12-18(27)25(2)3)24-14-8-10-26(13-14)15-6-7-17(21)16(20)11-15/h6-7,11,14H,4-5,8-10,12-13H2,1-3H3,(H2,22,23,24). The molecule has 1 amide bonds. The summed E-state index contributed by atoms with van der Waals surface area (Å²) in [5, 5.41) is 6.84. The summed E-state index contributed by atoms with van der Waals surface area (Å²) < 4.78 is 13.4. The van der Waals surface area contributed by atoms with E-state index in [0.29, 0.717) is 5.96 Å². The molecule has 0 spiro atoms. The van der Waals surface area contributed by atoms with Crippen LogP contribution >= 0.6 is 11.6 Å². The average molecular weight is 398 g/mol. The van der Waals surface area contributed by atoms with Crippen LogP contribution in [0.5, 0.6) is 0 Å².